The summed E-state index contributed by atoms with van der Waals surface area (Å²) in [6.07, 6.45) is 2.68. The molecule has 6 heteroatoms. The Labute approximate surface area is 147 Å². The molecule has 1 aliphatic heterocycles. The van der Waals surface area contributed by atoms with Gasteiger partial charge in [0.2, 0.25) is 4.77 Å². The Kier molecular flexibility index (Phi) is 4.28. The molecule has 0 radical (unpaired) electrons. The molecule has 24 heavy (non-hydrogen) atoms. The quantitative estimate of drug-likeness (QED) is 0.797. The molecule has 1 saturated carbocycles. The van der Waals surface area contributed by atoms with Gasteiger partial charge >= 0.3 is 0 Å². The van der Waals surface area contributed by atoms with Gasteiger partial charge in [0.1, 0.15) is 5.82 Å². The van der Waals surface area contributed by atoms with E-state index in [1.807, 2.05) is 10.7 Å². The highest BCUT2D eigenvalue weighted by Gasteiger charge is 2.31. The number of morpholine rings is 1. The third kappa shape index (κ3) is 3.06. The lowest BCUT2D eigenvalue weighted by molar-refractivity contribution is -0.0625. The average Bonchev–Trinajstić information content (AvgIpc) is 3.37. The van der Waals surface area contributed by atoms with Gasteiger partial charge in [-0.05, 0) is 51.0 Å². The first-order valence-corrected chi connectivity index (χ1v) is 9.15. The first-order chi connectivity index (χ1) is 11.6. The molecule has 0 spiro atoms. The summed E-state index contributed by atoms with van der Waals surface area (Å²) in [5.41, 5.74) is 1.11. The third-order valence-electron chi connectivity index (χ3n) is 4.87. The zero-order valence-electron chi connectivity index (χ0n) is 14.3. The molecule has 2 unspecified atom stereocenters. The van der Waals surface area contributed by atoms with Crippen molar-refractivity contribution >= 4 is 12.2 Å². The van der Waals surface area contributed by atoms with Gasteiger partial charge < -0.3 is 4.74 Å². The van der Waals surface area contributed by atoms with E-state index in [2.05, 4.69) is 47.6 Å². The van der Waals surface area contributed by atoms with E-state index in [1.54, 1.807) is 0 Å². The van der Waals surface area contributed by atoms with Crippen LogP contribution < -0.4 is 0 Å². The fraction of sp³-hybridized carbons (Fsp3) is 0.556. The molecule has 1 saturated heterocycles. The van der Waals surface area contributed by atoms with Crippen LogP contribution >= 0.6 is 12.2 Å². The number of para-hydroxylation sites is 1. The van der Waals surface area contributed by atoms with E-state index < -0.39 is 0 Å². The third-order valence-corrected chi connectivity index (χ3v) is 5.27. The Balaban J connectivity index is 1.68. The van der Waals surface area contributed by atoms with Gasteiger partial charge in [-0.25, -0.2) is 4.68 Å². The lowest BCUT2D eigenvalue weighted by atomic mass is 10.2. The van der Waals surface area contributed by atoms with Gasteiger partial charge in [0.15, 0.2) is 0 Å². The monoisotopic (exact) mass is 344 g/mol. The van der Waals surface area contributed by atoms with Crippen LogP contribution in [0.1, 0.15) is 38.4 Å². The largest absolute Gasteiger partial charge is 0.376 e. The van der Waals surface area contributed by atoms with Gasteiger partial charge in [-0.2, -0.15) is 5.10 Å². The van der Waals surface area contributed by atoms with Crippen molar-refractivity contribution in [2.24, 2.45) is 0 Å². The summed E-state index contributed by atoms with van der Waals surface area (Å²) in [5.74, 6) is 1.66. The topological polar surface area (TPSA) is 35.2 Å². The smallest absolute Gasteiger partial charge is 0.203 e. The van der Waals surface area contributed by atoms with Crippen LogP contribution in [0, 0.1) is 4.77 Å². The van der Waals surface area contributed by atoms with Gasteiger partial charge in [0.05, 0.1) is 19.4 Å². The summed E-state index contributed by atoms with van der Waals surface area (Å²) in [7, 11) is 0. The maximum absolute atomic E-state index is 5.78. The second-order valence-corrected chi connectivity index (χ2v) is 7.36. The van der Waals surface area contributed by atoms with Gasteiger partial charge in [0.25, 0.3) is 0 Å². The van der Waals surface area contributed by atoms with Crippen molar-refractivity contribution in [1.82, 2.24) is 19.2 Å². The van der Waals surface area contributed by atoms with Crippen LogP contribution in [0.5, 0.6) is 0 Å². The lowest BCUT2D eigenvalue weighted by Gasteiger charge is -2.36. The highest BCUT2D eigenvalue weighted by molar-refractivity contribution is 7.71. The van der Waals surface area contributed by atoms with Crippen LogP contribution in [-0.2, 0) is 11.4 Å². The van der Waals surface area contributed by atoms with Crippen molar-refractivity contribution in [3.05, 3.63) is 40.9 Å². The number of nitrogens with zero attached hydrogens (tertiary/aromatic N) is 4. The average molecular weight is 344 g/mol. The Morgan fingerprint density at radius 1 is 1.21 bits per heavy atom. The molecule has 0 amide bonds. The van der Waals surface area contributed by atoms with Gasteiger partial charge in [-0.15, -0.1) is 0 Å². The summed E-state index contributed by atoms with van der Waals surface area (Å²) in [5, 5.41) is 4.89. The molecular weight excluding hydrogens is 320 g/mol. The molecule has 0 bridgehead atoms. The first kappa shape index (κ1) is 16.0. The van der Waals surface area contributed by atoms with Gasteiger partial charge in [-0.3, -0.25) is 9.47 Å². The Morgan fingerprint density at radius 2 is 1.96 bits per heavy atom. The van der Waals surface area contributed by atoms with E-state index in [0.29, 0.717) is 12.0 Å². The van der Waals surface area contributed by atoms with E-state index >= 15 is 0 Å². The summed E-state index contributed by atoms with van der Waals surface area (Å²) < 4.78 is 10.7. The van der Waals surface area contributed by atoms with Gasteiger partial charge in [-0.1, -0.05) is 18.2 Å². The fourth-order valence-corrected chi connectivity index (χ4v) is 3.58. The Hall–Kier alpha value is -1.50. The maximum atomic E-state index is 5.78. The number of rotatable bonds is 4. The second kappa shape index (κ2) is 6.43. The maximum Gasteiger partial charge on any atom is 0.203 e. The molecule has 0 N–H and O–H groups in total. The molecule has 2 heterocycles. The standard InChI is InChI=1S/C18H24N4OS/c1-13-11-23-14(2)10-20(13)12-21-18(24)22(16-6-4-3-5-7-16)17(19-21)15-8-9-15/h3-7,13-15H,8-12H2,1-2H3. The normalized spacial score (nSPS) is 25.1. The van der Waals surface area contributed by atoms with Crippen LogP contribution in [0.15, 0.2) is 30.3 Å². The summed E-state index contributed by atoms with van der Waals surface area (Å²) >= 11 is 5.78. The van der Waals surface area contributed by atoms with Crippen molar-refractivity contribution in [3.63, 3.8) is 0 Å². The van der Waals surface area contributed by atoms with E-state index in [4.69, 9.17) is 22.1 Å². The number of benzene rings is 1. The minimum atomic E-state index is 0.259. The minimum Gasteiger partial charge on any atom is -0.376 e. The predicted octanol–water partition coefficient (Wildman–Crippen LogP) is 3.35. The fourth-order valence-electron chi connectivity index (χ4n) is 3.28. The van der Waals surface area contributed by atoms with E-state index in [0.717, 1.165) is 36.1 Å². The van der Waals surface area contributed by atoms with Crippen molar-refractivity contribution in [3.8, 4) is 5.69 Å². The number of hydrogen-bond acceptors (Lipinski definition) is 4. The Morgan fingerprint density at radius 3 is 2.67 bits per heavy atom. The number of aromatic nitrogens is 3. The summed E-state index contributed by atoms with van der Waals surface area (Å²) in [4.78, 5) is 2.41. The molecule has 128 valence electrons. The Bertz CT molecular complexity index is 765. The van der Waals surface area contributed by atoms with Crippen LogP contribution in [-0.4, -0.2) is 44.5 Å². The zero-order valence-corrected chi connectivity index (χ0v) is 15.1. The molecule has 5 nitrogen and oxygen atoms in total. The summed E-state index contributed by atoms with van der Waals surface area (Å²) in [6, 6.07) is 10.7. The van der Waals surface area contributed by atoms with Crippen molar-refractivity contribution in [1.29, 1.82) is 0 Å². The highest BCUT2D eigenvalue weighted by atomic mass is 32.1. The van der Waals surface area contributed by atoms with E-state index in [-0.39, 0.29) is 6.10 Å². The minimum absolute atomic E-state index is 0.259. The molecule has 2 aliphatic rings. The van der Waals surface area contributed by atoms with Crippen LogP contribution in [0.4, 0.5) is 0 Å². The SMILES string of the molecule is CC1CN(Cn2nc(C3CC3)n(-c3ccccc3)c2=S)C(C)CO1. The summed E-state index contributed by atoms with van der Waals surface area (Å²) in [6.45, 7) is 6.73. The first-order valence-electron chi connectivity index (χ1n) is 8.74. The molecule has 2 atom stereocenters. The predicted molar refractivity (Wildman–Crippen MR) is 95.9 cm³/mol. The van der Waals surface area contributed by atoms with Crippen molar-refractivity contribution < 1.29 is 4.74 Å². The second-order valence-electron chi connectivity index (χ2n) is 6.99. The van der Waals surface area contributed by atoms with Crippen molar-refractivity contribution in [2.45, 2.75) is 51.4 Å². The zero-order chi connectivity index (χ0) is 16.7. The molecule has 1 aliphatic carbocycles. The van der Waals surface area contributed by atoms with Crippen LogP contribution in [0.2, 0.25) is 0 Å². The molecule has 2 aromatic rings. The van der Waals surface area contributed by atoms with E-state index in [9.17, 15) is 0 Å². The molecule has 1 aromatic carbocycles. The van der Waals surface area contributed by atoms with Crippen LogP contribution in [0.25, 0.3) is 5.69 Å². The molecule has 1 aromatic heterocycles. The van der Waals surface area contributed by atoms with Crippen molar-refractivity contribution in [2.75, 3.05) is 13.2 Å². The molecular formula is C18H24N4OS. The number of hydrogen-bond donors (Lipinski definition) is 0. The lowest BCUT2D eigenvalue weighted by Crippen LogP contribution is -2.47. The molecule has 2 fully saturated rings. The van der Waals surface area contributed by atoms with E-state index in [1.165, 1.54) is 12.8 Å². The molecule has 4 rings (SSSR count). The van der Waals surface area contributed by atoms with Crippen LogP contribution in [0.3, 0.4) is 0 Å². The number of ether oxygens (including phenoxy) is 1. The highest BCUT2D eigenvalue weighted by Crippen LogP contribution is 2.40. The van der Waals surface area contributed by atoms with Gasteiger partial charge in [0, 0.05) is 24.2 Å².